The first-order valence-electron chi connectivity index (χ1n) is 7.78. The highest BCUT2D eigenvalue weighted by Crippen LogP contribution is 2.27. The topological polar surface area (TPSA) is 79.7 Å². The standard InChI is InChI=1S/C17H30N2O3Si/c1-5-17(19,11-15-9-7-6-8-10-15)12-16(13-18)14-23(20-2,21-3)22-4/h5-10,16H,1,11-14,18-19H2,2-4H3. The minimum absolute atomic E-state index is 0.133. The molecule has 0 aliphatic rings. The molecule has 1 aromatic rings. The SMILES string of the molecule is C=CC(N)(Cc1ccccc1)CC(CN)C[Si](OC)(OC)OC. The average molecular weight is 339 g/mol. The van der Waals surface area contributed by atoms with E-state index in [2.05, 4.69) is 18.7 Å². The van der Waals surface area contributed by atoms with Crippen LogP contribution in [-0.2, 0) is 19.7 Å². The van der Waals surface area contributed by atoms with Crippen LogP contribution in [0.15, 0.2) is 43.0 Å². The van der Waals surface area contributed by atoms with Crippen LogP contribution in [0.4, 0.5) is 0 Å². The van der Waals surface area contributed by atoms with Gasteiger partial charge in [0.25, 0.3) is 0 Å². The van der Waals surface area contributed by atoms with Crippen molar-refractivity contribution in [3.63, 3.8) is 0 Å². The van der Waals surface area contributed by atoms with Crippen molar-refractivity contribution in [2.75, 3.05) is 27.9 Å². The van der Waals surface area contributed by atoms with Crippen LogP contribution in [0.5, 0.6) is 0 Å². The Morgan fingerprint density at radius 1 is 1.17 bits per heavy atom. The first kappa shape index (κ1) is 20.0. The summed E-state index contributed by atoms with van der Waals surface area (Å²) in [6.07, 6.45) is 3.24. The van der Waals surface area contributed by atoms with E-state index in [9.17, 15) is 0 Å². The summed E-state index contributed by atoms with van der Waals surface area (Å²) >= 11 is 0. The zero-order valence-corrected chi connectivity index (χ0v) is 15.5. The maximum atomic E-state index is 6.57. The molecular weight excluding hydrogens is 308 g/mol. The second-order valence-electron chi connectivity index (χ2n) is 5.91. The van der Waals surface area contributed by atoms with Crippen LogP contribution in [0.1, 0.15) is 12.0 Å². The third-order valence-corrected chi connectivity index (χ3v) is 7.20. The lowest BCUT2D eigenvalue weighted by Crippen LogP contribution is -2.48. The molecule has 0 aromatic heterocycles. The molecule has 2 atom stereocenters. The zero-order chi connectivity index (χ0) is 17.3. The lowest BCUT2D eigenvalue weighted by Gasteiger charge is -2.33. The highest BCUT2D eigenvalue weighted by Gasteiger charge is 2.41. The number of hydrogen-bond acceptors (Lipinski definition) is 5. The van der Waals surface area contributed by atoms with Gasteiger partial charge in [0.1, 0.15) is 0 Å². The predicted molar refractivity (Wildman–Crippen MR) is 96.0 cm³/mol. The zero-order valence-electron chi connectivity index (χ0n) is 14.5. The Hall–Kier alpha value is -1.02. The summed E-state index contributed by atoms with van der Waals surface area (Å²) in [5, 5.41) is 0. The molecule has 0 amide bonds. The van der Waals surface area contributed by atoms with Crippen LogP contribution in [-0.4, -0.2) is 42.2 Å². The Morgan fingerprint density at radius 2 is 1.74 bits per heavy atom. The van der Waals surface area contributed by atoms with Crippen LogP contribution >= 0.6 is 0 Å². The molecule has 1 aromatic carbocycles. The Labute approximate surface area is 141 Å². The minimum atomic E-state index is -2.68. The van der Waals surface area contributed by atoms with Gasteiger partial charge < -0.3 is 24.7 Å². The van der Waals surface area contributed by atoms with Gasteiger partial charge in [-0.3, -0.25) is 0 Å². The maximum Gasteiger partial charge on any atom is 0.500 e. The molecule has 0 radical (unpaired) electrons. The van der Waals surface area contributed by atoms with Gasteiger partial charge in [0, 0.05) is 32.9 Å². The quantitative estimate of drug-likeness (QED) is 0.476. The Bertz CT molecular complexity index is 460. The number of hydrogen-bond donors (Lipinski definition) is 2. The largest absolute Gasteiger partial charge is 0.500 e. The van der Waals surface area contributed by atoms with Crippen molar-refractivity contribution < 1.29 is 13.3 Å². The Balaban J connectivity index is 2.83. The molecule has 130 valence electrons. The smallest absolute Gasteiger partial charge is 0.377 e. The van der Waals surface area contributed by atoms with Gasteiger partial charge in [-0.15, -0.1) is 6.58 Å². The average Bonchev–Trinajstić information content (AvgIpc) is 2.59. The number of benzene rings is 1. The predicted octanol–water partition coefficient (Wildman–Crippen LogP) is 1.96. The van der Waals surface area contributed by atoms with Crippen molar-refractivity contribution in [2.24, 2.45) is 17.4 Å². The van der Waals surface area contributed by atoms with Crippen molar-refractivity contribution >= 4 is 8.80 Å². The molecule has 23 heavy (non-hydrogen) atoms. The summed E-state index contributed by atoms with van der Waals surface area (Å²) < 4.78 is 16.5. The molecule has 0 bridgehead atoms. The molecule has 0 aliphatic heterocycles. The molecular formula is C17H30N2O3Si. The first-order valence-corrected chi connectivity index (χ1v) is 9.71. The highest BCUT2D eigenvalue weighted by atomic mass is 28.4. The molecule has 0 heterocycles. The van der Waals surface area contributed by atoms with Crippen molar-refractivity contribution in [2.45, 2.75) is 24.4 Å². The van der Waals surface area contributed by atoms with E-state index in [1.165, 1.54) is 5.56 Å². The lowest BCUT2D eigenvalue weighted by molar-refractivity contribution is 0.116. The van der Waals surface area contributed by atoms with Crippen LogP contribution in [0.2, 0.25) is 6.04 Å². The van der Waals surface area contributed by atoms with Crippen LogP contribution in [0.3, 0.4) is 0 Å². The van der Waals surface area contributed by atoms with Crippen LogP contribution in [0.25, 0.3) is 0 Å². The molecule has 0 saturated carbocycles. The molecule has 5 nitrogen and oxygen atoms in total. The monoisotopic (exact) mass is 338 g/mol. The van der Waals surface area contributed by atoms with E-state index in [0.29, 0.717) is 19.0 Å². The van der Waals surface area contributed by atoms with Crippen LogP contribution < -0.4 is 11.5 Å². The Morgan fingerprint density at radius 3 is 2.17 bits per heavy atom. The summed E-state index contributed by atoms with van der Waals surface area (Å²) in [5.74, 6) is 0.133. The van der Waals surface area contributed by atoms with E-state index < -0.39 is 14.3 Å². The minimum Gasteiger partial charge on any atom is -0.377 e. The van der Waals surface area contributed by atoms with Crippen molar-refractivity contribution in [1.82, 2.24) is 0 Å². The van der Waals surface area contributed by atoms with E-state index in [-0.39, 0.29) is 5.92 Å². The molecule has 0 saturated heterocycles. The fraction of sp³-hybridized carbons (Fsp3) is 0.529. The van der Waals surface area contributed by atoms with Crippen molar-refractivity contribution in [3.8, 4) is 0 Å². The van der Waals surface area contributed by atoms with E-state index in [1.807, 2.05) is 24.3 Å². The molecule has 4 N–H and O–H groups in total. The third kappa shape index (κ3) is 5.84. The fourth-order valence-corrected chi connectivity index (χ4v) is 4.85. The van der Waals surface area contributed by atoms with Gasteiger partial charge in [0.05, 0.1) is 0 Å². The highest BCUT2D eigenvalue weighted by molar-refractivity contribution is 6.60. The normalized spacial score (nSPS) is 15.9. The summed E-state index contributed by atoms with van der Waals surface area (Å²) in [4.78, 5) is 0. The molecule has 0 spiro atoms. The van der Waals surface area contributed by atoms with Gasteiger partial charge in [-0.05, 0) is 30.9 Å². The van der Waals surface area contributed by atoms with Crippen LogP contribution in [0, 0.1) is 5.92 Å². The molecule has 2 unspecified atom stereocenters. The van der Waals surface area contributed by atoms with E-state index in [0.717, 1.165) is 6.42 Å². The van der Waals surface area contributed by atoms with E-state index >= 15 is 0 Å². The molecule has 6 heteroatoms. The number of nitrogens with two attached hydrogens (primary N) is 2. The van der Waals surface area contributed by atoms with E-state index in [4.69, 9.17) is 24.7 Å². The first-order chi connectivity index (χ1) is 11.0. The van der Waals surface area contributed by atoms with Gasteiger partial charge in [-0.1, -0.05) is 36.4 Å². The number of rotatable bonds is 11. The summed E-state index contributed by atoms with van der Waals surface area (Å²) in [5.41, 5.74) is 13.2. The third-order valence-electron chi connectivity index (χ3n) is 4.26. The summed E-state index contributed by atoms with van der Waals surface area (Å²) in [7, 11) is 2.16. The molecule has 1 rings (SSSR count). The maximum absolute atomic E-state index is 6.57. The molecule has 0 aliphatic carbocycles. The second kappa shape index (κ2) is 9.32. The van der Waals surface area contributed by atoms with Gasteiger partial charge in [-0.2, -0.15) is 0 Å². The van der Waals surface area contributed by atoms with Gasteiger partial charge in [-0.25, -0.2) is 0 Å². The second-order valence-corrected chi connectivity index (χ2v) is 8.90. The Kier molecular flexibility index (Phi) is 8.11. The lowest BCUT2D eigenvalue weighted by atomic mass is 9.83. The summed E-state index contributed by atoms with van der Waals surface area (Å²) in [6, 6.07) is 10.8. The van der Waals surface area contributed by atoms with E-state index in [1.54, 1.807) is 21.3 Å². The van der Waals surface area contributed by atoms with Crippen molar-refractivity contribution in [1.29, 1.82) is 0 Å². The fourth-order valence-electron chi connectivity index (χ4n) is 2.83. The van der Waals surface area contributed by atoms with Gasteiger partial charge in [0.15, 0.2) is 0 Å². The van der Waals surface area contributed by atoms with Gasteiger partial charge in [0.2, 0.25) is 0 Å². The van der Waals surface area contributed by atoms with Crippen molar-refractivity contribution in [3.05, 3.63) is 48.6 Å². The molecule has 0 fully saturated rings. The summed E-state index contributed by atoms with van der Waals surface area (Å²) in [6.45, 7) is 4.42. The van der Waals surface area contributed by atoms with Gasteiger partial charge >= 0.3 is 8.80 Å².